The highest BCUT2D eigenvalue weighted by Crippen LogP contribution is 2.38. The first kappa shape index (κ1) is 19.2. The largest absolute Gasteiger partial charge is 0.353 e. The molecule has 0 spiro atoms. The van der Waals surface area contributed by atoms with Crippen LogP contribution in [0, 0.1) is 17.8 Å². The predicted octanol–water partition coefficient (Wildman–Crippen LogP) is 1.82. The summed E-state index contributed by atoms with van der Waals surface area (Å²) in [6, 6.07) is 0.726. The molecule has 4 saturated heterocycles. The van der Waals surface area contributed by atoms with E-state index < -0.39 is 0 Å². The molecule has 1 N–H and O–H groups in total. The Morgan fingerprint density at radius 3 is 2.41 bits per heavy atom. The lowest BCUT2D eigenvalue weighted by molar-refractivity contribution is -0.144. The fraction of sp³-hybridized carbons (Fsp3) is 0.864. The van der Waals surface area contributed by atoms with E-state index in [0.29, 0.717) is 30.2 Å². The van der Waals surface area contributed by atoms with Gasteiger partial charge < -0.3 is 20.0 Å². The van der Waals surface area contributed by atoms with Gasteiger partial charge in [0.05, 0.1) is 0 Å². The van der Waals surface area contributed by atoms with Crippen molar-refractivity contribution in [1.29, 1.82) is 0 Å². The van der Waals surface area contributed by atoms with Crippen molar-refractivity contribution in [2.45, 2.75) is 69.9 Å². The molecule has 4 amide bonds. The van der Waals surface area contributed by atoms with Crippen molar-refractivity contribution >= 4 is 17.8 Å². The number of nitrogens with zero attached hydrogens (tertiary/aromatic N) is 3. The summed E-state index contributed by atoms with van der Waals surface area (Å²) < 4.78 is 0. The Morgan fingerprint density at radius 1 is 0.897 bits per heavy atom. The van der Waals surface area contributed by atoms with Crippen molar-refractivity contribution in [2.75, 3.05) is 32.7 Å². The quantitative estimate of drug-likeness (QED) is 0.766. The Morgan fingerprint density at radius 2 is 1.69 bits per heavy atom. The van der Waals surface area contributed by atoms with Crippen molar-refractivity contribution in [2.24, 2.45) is 17.8 Å². The Bertz CT molecular complexity index is 671. The molecule has 0 aromatic carbocycles. The molecule has 5 rings (SSSR count). The molecule has 5 fully saturated rings. The van der Waals surface area contributed by atoms with Crippen LogP contribution in [0.2, 0.25) is 0 Å². The van der Waals surface area contributed by atoms with Gasteiger partial charge in [-0.2, -0.15) is 0 Å². The van der Waals surface area contributed by atoms with Crippen LogP contribution in [0.25, 0.3) is 0 Å². The minimum Gasteiger partial charge on any atom is -0.353 e. The van der Waals surface area contributed by atoms with Crippen molar-refractivity contribution < 1.29 is 14.4 Å². The van der Waals surface area contributed by atoms with E-state index in [1.807, 2.05) is 4.90 Å². The summed E-state index contributed by atoms with van der Waals surface area (Å²) in [5.74, 6) is 1.64. The minimum atomic E-state index is 0.166. The summed E-state index contributed by atoms with van der Waals surface area (Å²) in [5.41, 5.74) is 0. The first-order chi connectivity index (χ1) is 14.1. The van der Waals surface area contributed by atoms with Crippen molar-refractivity contribution in [1.82, 2.24) is 20.0 Å². The van der Waals surface area contributed by atoms with Gasteiger partial charge in [-0.15, -0.1) is 0 Å². The standard InChI is InChI=1S/C22H34N4O3/c27-20-6-2-5-19-17-11-15(13-26(19)20)12-25(14-17)22(29)24-9-7-18(8-10-24)23-21(28)16-3-1-4-16/h15-19H,1-14H2,(H,23,28)/t15?,17?,19-/m1/s1. The molecule has 7 heteroatoms. The van der Waals surface area contributed by atoms with E-state index in [0.717, 1.165) is 77.7 Å². The SMILES string of the molecule is O=C(NC1CCN(C(=O)N2CC3CC(C2)[C@H]2CCCC(=O)N2C3)CC1)C1CCC1. The molecule has 7 nitrogen and oxygen atoms in total. The van der Waals surface area contributed by atoms with Gasteiger partial charge in [0, 0.05) is 57.1 Å². The molecule has 4 heterocycles. The van der Waals surface area contributed by atoms with Crippen LogP contribution in [-0.4, -0.2) is 77.4 Å². The Kier molecular flexibility index (Phi) is 5.16. The van der Waals surface area contributed by atoms with Gasteiger partial charge in [0.25, 0.3) is 0 Å². The van der Waals surface area contributed by atoms with Gasteiger partial charge in [-0.25, -0.2) is 4.79 Å². The van der Waals surface area contributed by atoms with Gasteiger partial charge >= 0.3 is 6.03 Å². The lowest BCUT2D eigenvalue weighted by atomic mass is 9.76. The molecule has 160 valence electrons. The Hall–Kier alpha value is -1.79. The van der Waals surface area contributed by atoms with Gasteiger partial charge in [0.15, 0.2) is 0 Å². The normalized spacial score (nSPS) is 33.2. The number of likely N-dealkylation sites (tertiary alicyclic amines) is 2. The third-order valence-corrected chi connectivity index (χ3v) is 8.04. The van der Waals surface area contributed by atoms with Crippen LogP contribution >= 0.6 is 0 Å². The van der Waals surface area contributed by atoms with E-state index >= 15 is 0 Å². The van der Waals surface area contributed by atoms with Crippen LogP contribution in [0.5, 0.6) is 0 Å². The third-order valence-electron chi connectivity index (χ3n) is 8.04. The number of carbonyl (C=O) groups excluding carboxylic acids is 3. The molecule has 5 aliphatic rings. The van der Waals surface area contributed by atoms with Crippen LogP contribution < -0.4 is 5.32 Å². The van der Waals surface area contributed by atoms with Crippen LogP contribution in [0.15, 0.2) is 0 Å². The van der Waals surface area contributed by atoms with Crippen LogP contribution in [-0.2, 0) is 9.59 Å². The van der Waals surface area contributed by atoms with Gasteiger partial charge in [-0.05, 0) is 56.8 Å². The first-order valence-electron chi connectivity index (χ1n) is 11.7. The van der Waals surface area contributed by atoms with Crippen LogP contribution in [0.3, 0.4) is 0 Å². The average Bonchev–Trinajstić information content (AvgIpc) is 2.67. The maximum atomic E-state index is 13.2. The molecule has 2 bridgehead atoms. The zero-order valence-corrected chi connectivity index (χ0v) is 17.4. The average molecular weight is 403 g/mol. The Labute approximate surface area is 173 Å². The van der Waals surface area contributed by atoms with Crippen molar-refractivity contribution in [3.63, 3.8) is 0 Å². The maximum Gasteiger partial charge on any atom is 0.320 e. The zero-order valence-electron chi connectivity index (χ0n) is 17.4. The summed E-state index contributed by atoms with van der Waals surface area (Å²) in [4.78, 5) is 43.8. The monoisotopic (exact) mass is 402 g/mol. The van der Waals surface area contributed by atoms with E-state index in [1.165, 1.54) is 6.42 Å². The van der Waals surface area contributed by atoms with Crippen LogP contribution in [0.4, 0.5) is 4.79 Å². The molecule has 0 aromatic rings. The molecular weight excluding hydrogens is 368 g/mol. The number of hydrogen-bond acceptors (Lipinski definition) is 3. The molecule has 4 aliphatic heterocycles. The molecule has 1 saturated carbocycles. The molecule has 0 radical (unpaired) electrons. The second-order valence-electron chi connectivity index (χ2n) is 9.95. The lowest BCUT2D eigenvalue weighted by Gasteiger charge is -2.53. The zero-order chi connectivity index (χ0) is 20.0. The molecule has 3 atom stereocenters. The van der Waals surface area contributed by atoms with Crippen molar-refractivity contribution in [3.05, 3.63) is 0 Å². The summed E-state index contributed by atoms with van der Waals surface area (Å²) >= 11 is 0. The first-order valence-corrected chi connectivity index (χ1v) is 11.7. The van der Waals surface area contributed by atoms with Gasteiger partial charge in [0.2, 0.25) is 11.8 Å². The predicted molar refractivity (Wildman–Crippen MR) is 108 cm³/mol. The minimum absolute atomic E-state index is 0.166. The topological polar surface area (TPSA) is 73.0 Å². The molecule has 0 aromatic heterocycles. The second kappa shape index (κ2) is 7.80. The summed E-state index contributed by atoms with van der Waals surface area (Å²) in [6.07, 6.45) is 8.90. The van der Waals surface area contributed by atoms with Gasteiger partial charge in [-0.3, -0.25) is 9.59 Å². The highest BCUT2D eigenvalue weighted by molar-refractivity contribution is 5.80. The fourth-order valence-corrected chi connectivity index (χ4v) is 6.17. The highest BCUT2D eigenvalue weighted by Gasteiger charge is 2.45. The van der Waals surface area contributed by atoms with Gasteiger partial charge in [0.1, 0.15) is 0 Å². The fourth-order valence-electron chi connectivity index (χ4n) is 6.17. The summed E-state index contributed by atoms with van der Waals surface area (Å²) in [6.45, 7) is 3.87. The number of carbonyl (C=O) groups is 3. The number of piperidine rings is 4. The van der Waals surface area contributed by atoms with E-state index in [4.69, 9.17) is 0 Å². The number of nitrogens with one attached hydrogen (secondary N) is 1. The molecule has 2 unspecified atom stereocenters. The summed E-state index contributed by atoms with van der Waals surface area (Å²) in [7, 11) is 0. The lowest BCUT2D eigenvalue weighted by Crippen LogP contribution is -2.62. The van der Waals surface area contributed by atoms with Crippen molar-refractivity contribution in [3.8, 4) is 0 Å². The molecule has 1 aliphatic carbocycles. The summed E-state index contributed by atoms with van der Waals surface area (Å²) in [5, 5.41) is 3.20. The van der Waals surface area contributed by atoms with Gasteiger partial charge in [-0.1, -0.05) is 6.42 Å². The van der Waals surface area contributed by atoms with E-state index in [1.54, 1.807) is 0 Å². The molecular formula is C22H34N4O3. The highest BCUT2D eigenvalue weighted by atomic mass is 16.2. The number of fused-ring (bicyclic) bond motifs is 4. The number of rotatable bonds is 2. The second-order valence-corrected chi connectivity index (χ2v) is 9.95. The smallest absolute Gasteiger partial charge is 0.320 e. The maximum absolute atomic E-state index is 13.2. The third kappa shape index (κ3) is 3.73. The van der Waals surface area contributed by atoms with E-state index in [2.05, 4.69) is 15.1 Å². The number of hydrogen-bond donors (Lipinski definition) is 1. The van der Waals surface area contributed by atoms with E-state index in [-0.39, 0.29) is 23.9 Å². The van der Waals surface area contributed by atoms with Crippen LogP contribution in [0.1, 0.15) is 57.8 Å². The number of amides is 4. The van der Waals surface area contributed by atoms with E-state index in [9.17, 15) is 14.4 Å². The number of urea groups is 1. The Balaban J connectivity index is 1.14. The molecule has 29 heavy (non-hydrogen) atoms.